The summed E-state index contributed by atoms with van der Waals surface area (Å²) in [6, 6.07) is 13.1. The van der Waals surface area contributed by atoms with E-state index < -0.39 is 5.97 Å². The smallest absolute Gasteiger partial charge is 0.221 e. The fraction of sp³-hybridized carbons (Fsp3) is 0.0526. The highest BCUT2D eigenvalue weighted by Gasteiger charge is 2.12. The first-order valence-electron chi connectivity index (χ1n) is 7.19. The number of ether oxygens (including phenoxy) is 1. The van der Waals surface area contributed by atoms with Crippen molar-refractivity contribution in [2.24, 2.45) is 0 Å². The minimum absolute atomic E-state index is 0.0860. The molecule has 120 valence electrons. The number of para-hydroxylation sites is 1. The van der Waals surface area contributed by atoms with Crippen molar-refractivity contribution in [1.29, 1.82) is 0 Å². The van der Waals surface area contributed by atoms with Crippen LogP contribution >= 0.6 is 0 Å². The number of carboxylic acids is 1. The molecule has 24 heavy (non-hydrogen) atoms. The van der Waals surface area contributed by atoms with E-state index in [9.17, 15) is 14.7 Å². The summed E-state index contributed by atoms with van der Waals surface area (Å²) in [6.45, 7) is 0. The van der Waals surface area contributed by atoms with E-state index in [4.69, 9.17) is 9.15 Å². The molecular weight excluding hydrogens is 308 g/mol. The lowest BCUT2D eigenvalue weighted by atomic mass is 10.1. The number of carboxylic acid groups (broad SMARTS) is 1. The number of methoxy groups -OCH3 is 1. The number of allylic oxidation sites excluding steroid dienone is 1. The third-order valence-electron chi connectivity index (χ3n) is 3.54. The van der Waals surface area contributed by atoms with Gasteiger partial charge >= 0.3 is 0 Å². The van der Waals surface area contributed by atoms with Crippen LogP contribution in [0.5, 0.6) is 5.75 Å². The Morgan fingerprint density at radius 1 is 1.12 bits per heavy atom. The Kier molecular flexibility index (Phi) is 4.16. The first kappa shape index (κ1) is 15.6. The molecular formula is C19H13O5-. The Labute approximate surface area is 137 Å². The Hall–Kier alpha value is -3.34. The number of carbonyl (C=O) groups excluding carboxylic acids is 2. The summed E-state index contributed by atoms with van der Waals surface area (Å²) in [6.07, 6.45) is 2.96. The van der Waals surface area contributed by atoms with Gasteiger partial charge in [0.2, 0.25) is 5.78 Å². The van der Waals surface area contributed by atoms with Crippen LogP contribution in [0.4, 0.5) is 0 Å². The predicted octanol–water partition coefficient (Wildman–Crippen LogP) is 2.70. The number of rotatable bonds is 5. The minimum Gasteiger partial charge on any atom is -0.545 e. The van der Waals surface area contributed by atoms with Crippen LogP contribution < -0.4 is 9.84 Å². The van der Waals surface area contributed by atoms with E-state index in [1.165, 1.54) is 25.3 Å². The average molecular weight is 321 g/mol. The molecule has 3 aromatic rings. The monoisotopic (exact) mass is 321 g/mol. The number of aromatic carboxylic acids is 1. The van der Waals surface area contributed by atoms with E-state index in [0.717, 1.165) is 5.39 Å². The van der Waals surface area contributed by atoms with Crippen molar-refractivity contribution in [3.05, 3.63) is 71.5 Å². The zero-order valence-electron chi connectivity index (χ0n) is 12.8. The molecule has 0 aliphatic rings. The summed E-state index contributed by atoms with van der Waals surface area (Å²) in [5.74, 6) is -0.763. The number of benzene rings is 2. The molecule has 0 atom stereocenters. The SMILES string of the molecule is COc1cccc2cc(C(=O)/C=C/c3ccc(C(=O)[O-])cc3)oc12. The van der Waals surface area contributed by atoms with E-state index in [1.54, 1.807) is 30.3 Å². The van der Waals surface area contributed by atoms with Gasteiger partial charge in [-0.3, -0.25) is 4.79 Å². The van der Waals surface area contributed by atoms with Gasteiger partial charge in [0.15, 0.2) is 17.1 Å². The molecule has 0 radical (unpaired) electrons. The van der Waals surface area contributed by atoms with Gasteiger partial charge in [-0.15, -0.1) is 0 Å². The normalized spacial score (nSPS) is 11.0. The largest absolute Gasteiger partial charge is 0.545 e. The van der Waals surface area contributed by atoms with Crippen LogP contribution in [0.3, 0.4) is 0 Å². The van der Waals surface area contributed by atoms with Crippen LogP contribution in [0.15, 0.2) is 59.0 Å². The van der Waals surface area contributed by atoms with Crippen molar-refractivity contribution in [3.63, 3.8) is 0 Å². The Balaban J connectivity index is 1.83. The molecule has 0 unspecified atom stereocenters. The molecule has 0 aliphatic carbocycles. The van der Waals surface area contributed by atoms with Gasteiger partial charge in [-0.05, 0) is 29.3 Å². The number of fused-ring (bicyclic) bond motifs is 1. The maximum absolute atomic E-state index is 12.2. The molecule has 0 spiro atoms. The highest BCUT2D eigenvalue weighted by molar-refractivity contribution is 6.07. The van der Waals surface area contributed by atoms with E-state index >= 15 is 0 Å². The van der Waals surface area contributed by atoms with Gasteiger partial charge in [-0.1, -0.05) is 42.5 Å². The first-order valence-corrected chi connectivity index (χ1v) is 7.19. The molecule has 0 saturated carbocycles. The quantitative estimate of drug-likeness (QED) is 0.533. The van der Waals surface area contributed by atoms with Crippen LogP contribution in [0.2, 0.25) is 0 Å². The zero-order chi connectivity index (χ0) is 17.1. The summed E-state index contributed by atoms with van der Waals surface area (Å²) >= 11 is 0. The number of ketones is 1. The maximum Gasteiger partial charge on any atom is 0.221 e. The first-order chi connectivity index (χ1) is 11.6. The van der Waals surface area contributed by atoms with E-state index in [0.29, 0.717) is 16.9 Å². The topological polar surface area (TPSA) is 79.6 Å². The van der Waals surface area contributed by atoms with Crippen molar-refractivity contribution in [2.75, 3.05) is 7.11 Å². The van der Waals surface area contributed by atoms with Crippen LogP contribution in [0, 0.1) is 0 Å². The van der Waals surface area contributed by atoms with Crippen molar-refractivity contribution in [1.82, 2.24) is 0 Å². The van der Waals surface area contributed by atoms with Crippen LogP contribution in [0.1, 0.15) is 26.5 Å². The van der Waals surface area contributed by atoms with Crippen LogP contribution in [-0.4, -0.2) is 18.9 Å². The zero-order valence-corrected chi connectivity index (χ0v) is 12.8. The third-order valence-corrected chi connectivity index (χ3v) is 3.54. The summed E-state index contributed by atoms with van der Waals surface area (Å²) in [5.41, 5.74) is 1.31. The summed E-state index contributed by atoms with van der Waals surface area (Å²) in [4.78, 5) is 22.9. The van der Waals surface area contributed by atoms with Crippen LogP contribution in [0.25, 0.3) is 17.0 Å². The summed E-state index contributed by atoms with van der Waals surface area (Å²) in [7, 11) is 1.54. The lowest BCUT2D eigenvalue weighted by Crippen LogP contribution is -2.21. The lowest BCUT2D eigenvalue weighted by Gasteiger charge is -2.01. The number of carbonyl (C=O) groups is 2. The van der Waals surface area contributed by atoms with Crippen molar-refractivity contribution in [2.45, 2.75) is 0 Å². The minimum atomic E-state index is -1.24. The lowest BCUT2D eigenvalue weighted by molar-refractivity contribution is -0.255. The second-order valence-electron chi connectivity index (χ2n) is 5.10. The highest BCUT2D eigenvalue weighted by atomic mass is 16.5. The molecule has 3 rings (SSSR count). The average Bonchev–Trinajstić information content (AvgIpc) is 3.04. The Morgan fingerprint density at radius 2 is 1.88 bits per heavy atom. The van der Waals surface area contributed by atoms with E-state index in [2.05, 4.69) is 0 Å². The molecule has 0 amide bonds. The molecule has 0 fully saturated rings. The van der Waals surface area contributed by atoms with Crippen molar-refractivity contribution >= 4 is 28.8 Å². The van der Waals surface area contributed by atoms with Gasteiger partial charge in [0.25, 0.3) is 0 Å². The van der Waals surface area contributed by atoms with Gasteiger partial charge < -0.3 is 19.1 Å². The standard InChI is InChI=1S/C19H14O5/c1-23-16-4-2-3-14-11-17(24-18(14)16)15(20)10-7-12-5-8-13(9-6-12)19(21)22/h2-11H,1H3,(H,21,22)/p-1/b10-7+. The molecule has 0 aliphatic heterocycles. The second-order valence-corrected chi connectivity index (χ2v) is 5.10. The van der Waals surface area contributed by atoms with Gasteiger partial charge in [0.1, 0.15) is 0 Å². The molecule has 1 heterocycles. The van der Waals surface area contributed by atoms with Gasteiger partial charge in [0, 0.05) is 5.39 Å². The number of furan rings is 1. The Bertz CT molecular complexity index is 932. The summed E-state index contributed by atoms with van der Waals surface area (Å²) < 4.78 is 10.8. The number of hydrogen-bond acceptors (Lipinski definition) is 5. The van der Waals surface area contributed by atoms with Gasteiger partial charge in [-0.2, -0.15) is 0 Å². The molecule has 0 saturated heterocycles. The second kappa shape index (κ2) is 6.42. The molecule has 5 nitrogen and oxygen atoms in total. The predicted molar refractivity (Wildman–Crippen MR) is 86.9 cm³/mol. The van der Waals surface area contributed by atoms with Crippen LogP contribution in [-0.2, 0) is 0 Å². The molecule has 0 bridgehead atoms. The van der Waals surface area contributed by atoms with E-state index in [1.807, 2.05) is 12.1 Å². The molecule has 2 aromatic carbocycles. The van der Waals surface area contributed by atoms with Gasteiger partial charge in [0.05, 0.1) is 13.1 Å². The van der Waals surface area contributed by atoms with Crippen molar-refractivity contribution in [3.8, 4) is 5.75 Å². The summed E-state index contributed by atoms with van der Waals surface area (Å²) in [5, 5.41) is 11.5. The van der Waals surface area contributed by atoms with E-state index in [-0.39, 0.29) is 17.1 Å². The highest BCUT2D eigenvalue weighted by Crippen LogP contribution is 2.28. The Morgan fingerprint density at radius 3 is 2.54 bits per heavy atom. The third kappa shape index (κ3) is 3.05. The molecule has 5 heteroatoms. The number of hydrogen-bond donors (Lipinski definition) is 0. The molecule has 1 aromatic heterocycles. The molecule has 0 N–H and O–H groups in total. The fourth-order valence-corrected chi connectivity index (χ4v) is 2.30. The van der Waals surface area contributed by atoms with Crippen molar-refractivity contribution < 1.29 is 23.8 Å². The fourth-order valence-electron chi connectivity index (χ4n) is 2.30. The van der Waals surface area contributed by atoms with Gasteiger partial charge in [-0.25, -0.2) is 0 Å². The maximum atomic E-state index is 12.2.